The van der Waals surface area contributed by atoms with Crippen molar-refractivity contribution in [2.75, 3.05) is 16.2 Å². The summed E-state index contributed by atoms with van der Waals surface area (Å²) in [6.45, 7) is 0.754. The molecular formula is C32H32N4O8S. The van der Waals surface area contributed by atoms with Crippen LogP contribution in [0.1, 0.15) is 23.1 Å². The second-order valence-electron chi connectivity index (χ2n) is 9.91. The maximum atomic E-state index is 13.5. The van der Waals surface area contributed by atoms with Crippen LogP contribution in [-0.4, -0.2) is 38.0 Å². The molecule has 234 valence electrons. The molecule has 13 heteroatoms. The Morgan fingerprint density at radius 2 is 1.53 bits per heavy atom. The van der Waals surface area contributed by atoms with Crippen molar-refractivity contribution in [1.29, 1.82) is 0 Å². The Balaban J connectivity index is 1.47. The van der Waals surface area contributed by atoms with Crippen molar-refractivity contribution in [2.45, 2.75) is 32.0 Å². The SMILES string of the molecule is NC(=O)O[C@@H](Cc1ccc(OCc2ccccc2)cc1)C(=O)N(c1ccc(NCCCc2ccccc2)c([N+](=O)[O-])c1)[SH](=O)=O. The molecule has 4 aromatic rings. The van der Waals surface area contributed by atoms with Crippen molar-refractivity contribution in [3.05, 3.63) is 130 Å². The van der Waals surface area contributed by atoms with Crippen molar-refractivity contribution in [3.63, 3.8) is 0 Å². The molecule has 3 N–H and O–H groups in total. The summed E-state index contributed by atoms with van der Waals surface area (Å²) in [7, 11) is -3.64. The number of nitrogens with one attached hydrogen (secondary N) is 1. The summed E-state index contributed by atoms with van der Waals surface area (Å²) < 4.78 is 35.7. The van der Waals surface area contributed by atoms with E-state index in [1.807, 2.05) is 60.7 Å². The fourth-order valence-electron chi connectivity index (χ4n) is 4.55. The normalized spacial score (nSPS) is 11.4. The minimum Gasteiger partial charge on any atom is -0.489 e. The number of rotatable bonds is 15. The van der Waals surface area contributed by atoms with Crippen LogP contribution in [0.2, 0.25) is 0 Å². The van der Waals surface area contributed by atoms with Crippen LogP contribution in [0.15, 0.2) is 103 Å². The van der Waals surface area contributed by atoms with Crippen molar-refractivity contribution in [3.8, 4) is 5.75 Å². The Hall–Kier alpha value is -5.43. The monoisotopic (exact) mass is 632 g/mol. The number of ether oxygens (including phenoxy) is 2. The number of primary amides is 1. The first-order valence-electron chi connectivity index (χ1n) is 14.0. The molecule has 0 heterocycles. The lowest BCUT2D eigenvalue weighted by Crippen LogP contribution is -2.42. The number of hydrogen-bond donors (Lipinski definition) is 3. The van der Waals surface area contributed by atoms with Crippen LogP contribution in [0.3, 0.4) is 0 Å². The lowest BCUT2D eigenvalue weighted by atomic mass is 10.1. The van der Waals surface area contributed by atoms with Gasteiger partial charge in [-0.1, -0.05) is 72.8 Å². The summed E-state index contributed by atoms with van der Waals surface area (Å²) >= 11 is 0. The molecule has 45 heavy (non-hydrogen) atoms. The van der Waals surface area contributed by atoms with E-state index in [1.54, 1.807) is 24.3 Å². The standard InChI is InChI=1S/C32H32N4O8S/c33-32(38)44-30(20-24-13-16-27(17-14-24)43-22-25-10-5-2-6-11-25)31(37)35(45(41)42)26-15-18-28(29(21-26)36(39)40)34-19-7-12-23-8-3-1-4-9-23/h1-6,8-11,13-18,21,30,34,45H,7,12,19-20,22H2,(H2,33,38)/t30-/m0/s1. The minimum absolute atomic E-state index is 0.157. The third-order valence-electron chi connectivity index (χ3n) is 6.72. The molecule has 0 aliphatic carbocycles. The molecule has 1 atom stereocenters. The van der Waals surface area contributed by atoms with Gasteiger partial charge in [0.05, 0.1) is 10.6 Å². The maximum absolute atomic E-state index is 13.5. The number of hydrogen-bond acceptors (Lipinski definition) is 9. The maximum Gasteiger partial charge on any atom is 0.405 e. The zero-order valence-electron chi connectivity index (χ0n) is 24.1. The third-order valence-corrected chi connectivity index (χ3v) is 7.48. The zero-order chi connectivity index (χ0) is 32.2. The van der Waals surface area contributed by atoms with E-state index in [-0.39, 0.29) is 17.8 Å². The highest BCUT2D eigenvalue weighted by Gasteiger charge is 2.32. The molecule has 2 amide bonds. The molecule has 0 aliphatic heterocycles. The highest BCUT2D eigenvalue weighted by atomic mass is 32.2. The number of nitrogens with zero attached hydrogens (tertiary/aromatic N) is 2. The first-order chi connectivity index (χ1) is 21.7. The number of carbonyl (C=O) groups is 2. The Morgan fingerprint density at radius 1 is 0.889 bits per heavy atom. The Labute approximate surface area is 261 Å². The zero-order valence-corrected chi connectivity index (χ0v) is 25.0. The summed E-state index contributed by atoms with van der Waals surface area (Å²) in [5, 5.41) is 14.9. The molecule has 0 spiro atoms. The van der Waals surface area contributed by atoms with Gasteiger partial charge in [0.1, 0.15) is 18.0 Å². The van der Waals surface area contributed by atoms with Gasteiger partial charge in [0.25, 0.3) is 11.6 Å². The van der Waals surface area contributed by atoms with Crippen LogP contribution in [0.25, 0.3) is 0 Å². The molecule has 4 rings (SSSR count). The molecule has 0 radical (unpaired) electrons. The Morgan fingerprint density at radius 3 is 2.13 bits per heavy atom. The highest BCUT2D eigenvalue weighted by molar-refractivity contribution is 7.75. The van der Waals surface area contributed by atoms with Crippen LogP contribution in [-0.2, 0) is 39.9 Å². The summed E-state index contributed by atoms with van der Waals surface area (Å²) in [5.74, 6) is -0.598. The van der Waals surface area contributed by atoms with E-state index in [9.17, 15) is 28.1 Å². The van der Waals surface area contributed by atoms with Gasteiger partial charge >= 0.3 is 6.09 Å². The summed E-state index contributed by atoms with van der Waals surface area (Å²) in [5.41, 5.74) is 7.25. The van der Waals surface area contributed by atoms with E-state index in [1.165, 1.54) is 12.1 Å². The number of nitro benzene ring substituents is 1. The third kappa shape index (κ3) is 9.53. The quantitative estimate of drug-likeness (QED) is 0.0722. The average molecular weight is 633 g/mol. The van der Waals surface area contributed by atoms with Gasteiger partial charge in [-0.3, -0.25) is 14.9 Å². The first-order valence-corrected chi connectivity index (χ1v) is 15.1. The van der Waals surface area contributed by atoms with Crippen LogP contribution >= 0.6 is 0 Å². The Bertz CT molecular complexity index is 1670. The van der Waals surface area contributed by atoms with E-state index in [0.717, 1.165) is 23.6 Å². The number of nitro groups is 1. The van der Waals surface area contributed by atoms with Gasteiger partial charge in [0.15, 0.2) is 6.10 Å². The molecule has 0 saturated heterocycles. The number of anilines is 2. The van der Waals surface area contributed by atoms with Crippen LogP contribution in [0.5, 0.6) is 5.75 Å². The number of nitrogens with two attached hydrogens (primary N) is 1. The second-order valence-corrected chi connectivity index (χ2v) is 10.8. The molecule has 0 aliphatic rings. The van der Waals surface area contributed by atoms with Gasteiger partial charge in [-0.15, -0.1) is 0 Å². The highest BCUT2D eigenvalue weighted by Crippen LogP contribution is 2.31. The van der Waals surface area contributed by atoms with Gasteiger partial charge < -0.3 is 20.5 Å². The van der Waals surface area contributed by atoms with Gasteiger partial charge in [-0.25, -0.2) is 17.5 Å². The molecule has 4 aromatic carbocycles. The molecule has 0 unspecified atom stereocenters. The Kier molecular flexibility index (Phi) is 11.5. The number of amides is 2. The summed E-state index contributed by atoms with van der Waals surface area (Å²) in [6, 6.07) is 29.4. The molecule has 0 fully saturated rings. The van der Waals surface area contributed by atoms with Gasteiger partial charge in [-0.05, 0) is 53.8 Å². The largest absolute Gasteiger partial charge is 0.489 e. The molecule has 0 saturated carbocycles. The van der Waals surface area contributed by atoms with E-state index in [4.69, 9.17) is 15.2 Å². The number of thiol groups is 1. The van der Waals surface area contributed by atoms with E-state index in [2.05, 4.69) is 5.32 Å². The number of aryl methyl sites for hydroxylation is 1. The van der Waals surface area contributed by atoms with Crippen molar-refractivity contribution in [2.24, 2.45) is 5.73 Å². The predicted molar refractivity (Wildman–Crippen MR) is 170 cm³/mol. The average Bonchev–Trinajstić information content (AvgIpc) is 3.03. The van der Waals surface area contributed by atoms with E-state index in [0.29, 0.717) is 35.2 Å². The molecule has 0 bridgehead atoms. The number of benzene rings is 4. The van der Waals surface area contributed by atoms with E-state index < -0.39 is 39.6 Å². The fraction of sp³-hybridized carbons (Fsp3) is 0.188. The summed E-state index contributed by atoms with van der Waals surface area (Å²) in [4.78, 5) is 36.3. The second kappa shape index (κ2) is 15.9. The topological polar surface area (TPSA) is 171 Å². The van der Waals surface area contributed by atoms with Crippen LogP contribution < -0.4 is 20.1 Å². The van der Waals surface area contributed by atoms with Crippen molar-refractivity contribution in [1.82, 2.24) is 0 Å². The summed E-state index contributed by atoms with van der Waals surface area (Å²) in [6.07, 6.45) is -1.71. The van der Waals surface area contributed by atoms with Crippen LogP contribution in [0.4, 0.5) is 21.9 Å². The number of carbonyl (C=O) groups excluding carboxylic acids is 2. The molecular weight excluding hydrogens is 600 g/mol. The predicted octanol–water partition coefficient (Wildman–Crippen LogP) is 4.78. The fourth-order valence-corrected chi connectivity index (χ4v) is 5.15. The molecule has 12 nitrogen and oxygen atoms in total. The van der Waals surface area contributed by atoms with Crippen molar-refractivity contribution < 1.29 is 32.4 Å². The van der Waals surface area contributed by atoms with Gasteiger partial charge in [0.2, 0.25) is 10.9 Å². The smallest absolute Gasteiger partial charge is 0.405 e. The van der Waals surface area contributed by atoms with Gasteiger partial charge in [-0.2, -0.15) is 0 Å². The van der Waals surface area contributed by atoms with Crippen LogP contribution in [0, 0.1) is 10.1 Å². The van der Waals surface area contributed by atoms with E-state index >= 15 is 0 Å². The lowest BCUT2D eigenvalue weighted by Gasteiger charge is -2.22. The lowest BCUT2D eigenvalue weighted by molar-refractivity contribution is -0.383. The van der Waals surface area contributed by atoms with Crippen molar-refractivity contribution >= 4 is 40.0 Å². The first kappa shape index (κ1) is 32.5. The minimum atomic E-state index is -3.64. The van der Waals surface area contributed by atoms with Gasteiger partial charge in [0, 0.05) is 19.0 Å². The molecule has 0 aromatic heterocycles.